The zero-order chi connectivity index (χ0) is 40.3. The summed E-state index contributed by atoms with van der Waals surface area (Å²) in [6.45, 7) is 9.51. The van der Waals surface area contributed by atoms with Gasteiger partial charge in [0, 0.05) is 27.5 Å². The molecule has 0 N–H and O–H groups in total. The van der Waals surface area contributed by atoms with Crippen molar-refractivity contribution in [2.75, 3.05) is 0 Å². The maximum absolute atomic E-state index is 5.38. The first-order chi connectivity index (χ1) is 29.3. The number of fused-ring (bicyclic) bond motifs is 12. The van der Waals surface area contributed by atoms with Crippen molar-refractivity contribution in [2.45, 2.75) is 38.5 Å². The van der Waals surface area contributed by atoms with Gasteiger partial charge in [0.05, 0.1) is 11.4 Å². The second kappa shape index (κ2) is 12.7. The first kappa shape index (κ1) is 34.8. The quantitative estimate of drug-likeness (QED) is 0.167. The fourth-order valence-electron chi connectivity index (χ4n) is 10.7. The molecule has 0 aliphatic heterocycles. The second-order valence-electron chi connectivity index (χ2n) is 17.7. The van der Waals surface area contributed by atoms with Gasteiger partial charge >= 0.3 is 0 Å². The van der Waals surface area contributed by atoms with Gasteiger partial charge in [-0.15, -0.1) is 0 Å². The summed E-state index contributed by atoms with van der Waals surface area (Å²) in [4.78, 5) is 10.7. The topological polar surface area (TPSA) is 25.8 Å². The van der Waals surface area contributed by atoms with E-state index in [1.807, 2.05) is 0 Å². The maximum Gasteiger partial charge on any atom is 0.160 e. The number of rotatable bonds is 4. The summed E-state index contributed by atoms with van der Waals surface area (Å²) in [6, 6.07) is 66.7. The summed E-state index contributed by atoms with van der Waals surface area (Å²) < 4.78 is 0. The van der Waals surface area contributed by atoms with E-state index in [4.69, 9.17) is 9.97 Å². The predicted octanol–water partition coefficient (Wildman–Crippen LogP) is 15.2. The molecule has 2 aliphatic carbocycles. The summed E-state index contributed by atoms with van der Waals surface area (Å²) in [5, 5.41) is 7.79. The van der Waals surface area contributed by atoms with E-state index in [0.29, 0.717) is 5.82 Å². The number of nitrogens with zero attached hydrogens (tertiary/aromatic N) is 2. The average molecular weight is 767 g/mol. The molecule has 2 aliphatic rings. The van der Waals surface area contributed by atoms with E-state index in [1.165, 1.54) is 88.0 Å². The van der Waals surface area contributed by atoms with Gasteiger partial charge in [0.15, 0.2) is 5.82 Å². The van der Waals surface area contributed by atoms with Crippen LogP contribution in [0.5, 0.6) is 0 Å². The van der Waals surface area contributed by atoms with Gasteiger partial charge in [-0.3, -0.25) is 0 Å². The van der Waals surface area contributed by atoms with Crippen molar-refractivity contribution in [3.63, 3.8) is 0 Å². The van der Waals surface area contributed by atoms with Crippen molar-refractivity contribution in [3.8, 4) is 67.3 Å². The number of hydrogen-bond donors (Lipinski definition) is 0. The molecule has 12 rings (SSSR count). The Kier molecular flexibility index (Phi) is 7.36. The van der Waals surface area contributed by atoms with Crippen molar-refractivity contribution in [1.82, 2.24) is 9.97 Å². The van der Waals surface area contributed by atoms with Gasteiger partial charge in [0.25, 0.3) is 0 Å². The van der Waals surface area contributed by atoms with Crippen molar-refractivity contribution >= 4 is 32.3 Å². The molecule has 0 atom stereocenters. The van der Waals surface area contributed by atoms with E-state index in [9.17, 15) is 0 Å². The van der Waals surface area contributed by atoms with Gasteiger partial charge < -0.3 is 0 Å². The van der Waals surface area contributed by atoms with E-state index in [2.05, 4.69) is 210 Å². The second-order valence-corrected chi connectivity index (χ2v) is 17.7. The zero-order valence-electron chi connectivity index (χ0n) is 34.2. The van der Waals surface area contributed by atoms with Crippen LogP contribution < -0.4 is 0 Å². The summed E-state index contributed by atoms with van der Waals surface area (Å²) in [7, 11) is 0. The van der Waals surface area contributed by atoms with Gasteiger partial charge in [-0.05, 0) is 112 Å². The zero-order valence-corrected chi connectivity index (χ0v) is 34.2. The van der Waals surface area contributed by atoms with Gasteiger partial charge in [0.2, 0.25) is 0 Å². The highest BCUT2D eigenvalue weighted by Gasteiger charge is 2.39. The molecule has 2 heteroatoms. The lowest BCUT2D eigenvalue weighted by Crippen LogP contribution is -2.15. The van der Waals surface area contributed by atoms with Crippen LogP contribution in [0.2, 0.25) is 0 Å². The van der Waals surface area contributed by atoms with Crippen molar-refractivity contribution in [3.05, 3.63) is 204 Å². The van der Waals surface area contributed by atoms with Crippen LogP contribution in [-0.2, 0) is 10.8 Å². The Balaban J connectivity index is 1.06. The van der Waals surface area contributed by atoms with Crippen LogP contribution in [0.15, 0.2) is 182 Å². The molecule has 60 heavy (non-hydrogen) atoms. The van der Waals surface area contributed by atoms with Crippen molar-refractivity contribution in [1.29, 1.82) is 0 Å². The monoisotopic (exact) mass is 766 g/mol. The summed E-state index contributed by atoms with van der Waals surface area (Å²) >= 11 is 0. The van der Waals surface area contributed by atoms with E-state index in [0.717, 1.165) is 28.1 Å². The van der Waals surface area contributed by atoms with Crippen LogP contribution in [-0.4, -0.2) is 9.97 Å². The Hall–Kier alpha value is -7.16. The predicted molar refractivity (Wildman–Crippen MR) is 251 cm³/mol. The van der Waals surface area contributed by atoms with E-state index < -0.39 is 0 Å². The molecule has 1 aromatic heterocycles. The molecule has 10 aromatic rings. The van der Waals surface area contributed by atoms with Crippen LogP contribution in [0, 0.1) is 0 Å². The minimum atomic E-state index is -0.224. The molecule has 0 fully saturated rings. The fourth-order valence-corrected chi connectivity index (χ4v) is 10.7. The van der Waals surface area contributed by atoms with Crippen LogP contribution in [0.3, 0.4) is 0 Å². The van der Waals surface area contributed by atoms with Crippen molar-refractivity contribution in [2.24, 2.45) is 0 Å². The lowest BCUT2D eigenvalue weighted by Gasteiger charge is -2.24. The Morgan fingerprint density at radius 3 is 1.72 bits per heavy atom. The van der Waals surface area contributed by atoms with Crippen molar-refractivity contribution < 1.29 is 0 Å². The van der Waals surface area contributed by atoms with Gasteiger partial charge in [0.1, 0.15) is 0 Å². The lowest BCUT2D eigenvalue weighted by molar-refractivity contribution is 0.661. The maximum atomic E-state index is 5.38. The average Bonchev–Trinajstić information content (AvgIpc) is 3.67. The normalized spacial score (nSPS) is 14.3. The highest BCUT2D eigenvalue weighted by atomic mass is 14.9. The summed E-state index contributed by atoms with van der Waals surface area (Å²) in [5.74, 6) is 0.717. The molecular formula is C58H42N2. The Bertz CT molecular complexity index is 3430. The van der Waals surface area contributed by atoms with Crippen LogP contribution in [0.25, 0.3) is 99.6 Å². The summed E-state index contributed by atoms with van der Waals surface area (Å²) in [6.07, 6.45) is 0. The van der Waals surface area contributed by atoms with E-state index in [-0.39, 0.29) is 10.8 Å². The summed E-state index contributed by atoms with van der Waals surface area (Å²) in [5.41, 5.74) is 17.8. The smallest absolute Gasteiger partial charge is 0.160 e. The number of aromatic nitrogens is 2. The fraction of sp³-hybridized carbons (Fsp3) is 0.103. The Morgan fingerprint density at radius 2 is 0.933 bits per heavy atom. The molecule has 284 valence electrons. The number of benzene rings is 9. The Labute approximate surface area is 350 Å². The van der Waals surface area contributed by atoms with Gasteiger partial charge in [-0.2, -0.15) is 0 Å². The molecular weight excluding hydrogens is 725 g/mol. The van der Waals surface area contributed by atoms with Gasteiger partial charge in [-0.1, -0.05) is 185 Å². The molecule has 0 spiro atoms. The molecule has 0 amide bonds. The molecule has 2 nitrogen and oxygen atoms in total. The number of hydrogen-bond acceptors (Lipinski definition) is 2. The van der Waals surface area contributed by atoms with Crippen LogP contribution in [0.1, 0.15) is 49.9 Å². The lowest BCUT2D eigenvalue weighted by atomic mass is 9.79. The molecule has 0 unspecified atom stereocenters. The molecule has 0 bridgehead atoms. The first-order valence-corrected chi connectivity index (χ1v) is 21.1. The van der Waals surface area contributed by atoms with Crippen LogP contribution in [0.4, 0.5) is 0 Å². The third-order valence-electron chi connectivity index (χ3n) is 13.6. The van der Waals surface area contributed by atoms with E-state index >= 15 is 0 Å². The molecule has 0 radical (unpaired) electrons. The molecule has 0 saturated carbocycles. The molecule has 9 aromatic carbocycles. The molecule has 0 saturated heterocycles. The highest BCUT2D eigenvalue weighted by molar-refractivity contribution is 6.18. The Morgan fingerprint density at radius 1 is 0.333 bits per heavy atom. The minimum Gasteiger partial charge on any atom is -0.228 e. The standard InChI is InChI=1S/C58H42N2/c1-57(2)48-28-16-27-43(53(48)47-31-36-19-8-9-20-37(36)32-50(47)57)41-23-10-13-24-42(41)52-34-51(59-56(60-52)35-17-6-5-7-18-35)38-29-30-46-49(33-38)58(3,4)55-45-26-15-12-22-40(45)39-21-11-14-25-44(39)54(46)55/h5-34H,1-4H3. The highest BCUT2D eigenvalue weighted by Crippen LogP contribution is 2.56. The molecule has 1 heterocycles. The first-order valence-electron chi connectivity index (χ1n) is 21.1. The minimum absolute atomic E-state index is 0.137. The third kappa shape index (κ3) is 4.94. The third-order valence-corrected chi connectivity index (χ3v) is 13.6. The SMILES string of the molecule is CC1(C)c2cc3ccccc3cc2-c2c(-c3ccccc3-c3cc(-c4ccc5c(c4)C(C)(C)c4c-5c5ccccc5c5ccccc45)nc(-c4ccccc4)n3)cccc21. The van der Waals surface area contributed by atoms with Gasteiger partial charge in [-0.25, -0.2) is 9.97 Å². The van der Waals surface area contributed by atoms with E-state index in [1.54, 1.807) is 0 Å². The largest absolute Gasteiger partial charge is 0.228 e. The van der Waals surface area contributed by atoms with Crippen LogP contribution >= 0.6 is 0 Å².